The molecule has 386 valence electrons. The van der Waals surface area contributed by atoms with Crippen LogP contribution in [0.5, 0.6) is 17.2 Å². The van der Waals surface area contributed by atoms with Gasteiger partial charge in [-0.25, -0.2) is 4.58 Å². The molecule has 0 amide bonds. The number of benzene rings is 3. The zero-order chi connectivity index (χ0) is 51.9. The number of rotatable bonds is 25. The van der Waals surface area contributed by atoms with E-state index in [1.165, 1.54) is 9.80 Å². The van der Waals surface area contributed by atoms with Gasteiger partial charge in [-0.05, 0) is 41.8 Å². The molecule has 0 bridgehead atoms. The van der Waals surface area contributed by atoms with Crippen molar-refractivity contribution in [3.05, 3.63) is 75.3 Å². The van der Waals surface area contributed by atoms with E-state index in [1.54, 1.807) is 12.1 Å². The molecule has 6 rings (SSSR count). The van der Waals surface area contributed by atoms with Gasteiger partial charge in [0.1, 0.15) is 50.5 Å². The Bertz CT molecular complexity index is 2640. The quantitative estimate of drug-likeness (QED) is 0.0288. The van der Waals surface area contributed by atoms with Gasteiger partial charge < -0.3 is 61.9 Å². The first-order chi connectivity index (χ1) is 34.4. The Balaban J connectivity index is 1.31. The Morgan fingerprint density at radius 1 is 0.625 bits per heavy atom. The third kappa shape index (κ3) is 15.1. The number of anilines is 2. The van der Waals surface area contributed by atoms with E-state index in [2.05, 4.69) is 31.1 Å². The number of carbonyl (C=O) groups excluding carboxylic acids is 8. The lowest BCUT2D eigenvalue weighted by atomic mass is 9.90. The Morgan fingerprint density at radius 2 is 1.19 bits per heavy atom. The number of fused-ring (bicyclic) bond motifs is 4. The van der Waals surface area contributed by atoms with Crippen LogP contribution in [0.2, 0.25) is 0 Å². The Morgan fingerprint density at radius 3 is 1.76 bits per heavy atom. The van der Waals surface area contributed by atoms with Crippen molar-refractivity contribution in [1.82, 2.24) is 9.48 Å². The van der Waals surface area contributed by atoms with Crippen molar-refractivity contribution in [2.45, 2.75) is 40.5 Å². The minimum absolute atomic E-state index is 0.0110. The standard InChI is InChI=1S/C49H57N4O19/c1-30(54)64-26-68-45(58)22-52(23-46(59)69-27-65-31(2)55)13-14-62-15-16-63-44-19-36(7-8-39(44)53(24-47(60)70-28-66-32(3)56)25-48(61)71-29-67-33(4)57)49-37-17-34-9-11-50(5)40(34)20-42(37)72-43-21-41-35(18-38(43)49)10-12-51(41)6/h7-8,17-21H,9-16,22-29H2,1-6H3/q+1. The van der Waals surface area contributed by atoms with Crippen LogP contribution in [-0.4, -0.2) is 160 Å². The molecule has 0 spiro atoms. The molecule has 3 aromatic rings. The maximum atomic E-state index is 13.2. The van der Waals surface area contributed by atoms with Gasteiger partial charge in [0.25, 0.3) is 0 Å². The van der Waals surface area contributed by atoms with Gasteiger partial charge in [0, 0.05) is 87.9 Å². The first-order valence-corrected chi connectivity index (χ1v) is 22.8. The van der Waals surface area contributed by atoms with Crippen LogP contribution < -0.4 is 34.4 Å². The fourth-order valence-corrected chi connectivity index (χ4v) is 7.86. The number of hydrogen-bond donors (Lipinski definition) is 0. The summed E-state index contributed by atoms with van der Waals surface area (Å²) in [5.41, 5.74) is 5.98. The predicted molar refractivity (Wildman–Crippen MR) is 249 cm³/mol. The molecule has 0 radical (unpaired) electrons. The second kappa shape index (κ2) is 25.4. The van der Waals surface area contributed by atoms with E-state index in [0.29, 0.717) is 17.1 Å². The molecule has 3 heterocycles. The summed E-state index contributed by atoms with van der Waals surface area (Å²) in [6.07, 6.45) is 1.66. The molecular weight excluding hydrogens is 949 g/mol. The molecule has 0 saturated carbocycles. The highest BCUT2D eigenvalue weighted by atomic mass is 16.7. The summed E-state index contributed by atoms with van der Waals surface area (Å²) < 4.78 is 60.2. The van der Waals surface area contributed by atoms with Crippen LogP contribution >= 0.6 is 0 Å². The highest BCUT2D eigenvalue weighted by Crippen LogP contribution is 2.43. The molecule has 0 atom stereocenters. The maximum absolute atomic E-state index is 13.2. The van der Waals surface area contributed by atoms with Crippen LogP contribution in [0.4, 0.5) is 11.4 Å². The fraction of sp³-hybridized carbons (Fsp3) is 0.449. The average Bonchev–Trinajstić information content (AvgIpc) is 3.86. The summed E-state index contributed by atoms with van der Waals surface area (Å²) in [6, 6.07) is 13.6. The average molecular weight is 1010 g/mol. The minimum Gasteiger partial charge on any atom is -0.489 e. The zero-order valence-corrected chi connectivity index (χ0v) is 40.9. The second-order valence-corrected chi connectivity index (χ2v) is 16.6. The molecule has 3 aromatic carbocycles. The monoisotopic (exact) mass is 1010 g/mol. The Hall–Kier alpha value is -7.79. The molecule has 0 N–H and O–H groups in total. The van der Waals surface area contributed by atoms with Crippen LogP contribution in [0.1, 0.15) is 49.9 Å². The lowest BCUT2D eigenvalue weighted by Gasteiger charge is -2.27. The van der Waals surface area contributed by atoms with E-state index in [4.69, 9.17) is 42.6 Å². The van der Waals surface area contributed by atoms with Crippen molar-refractivity contribution < 1.29 is 90.5 Å². The highest BCUT2D eigenvalue weighted by molar-refractivity contribution is 5.89. The first-order valence-electron chi connectivity index (χ1n) is 22.8. The lowest BCUT2D eigenvalue weighted by molar-refractivity contribution is -0.170. The van der Waals surface area contributed by atoms with Crippen molar-refractivity contribution in [2.75, 3.05) is 117 Å². The second-order valence-electron chi connectivity index (χ2n) is 16.6. The molecule has 0 saturated heterocycles. The predicted octanol–water partition coefficient (Wildman–Crippen LogP) is 0.468. The third-order valence-electron chi connectivity index (χ3n) is 11.3. The van der Waals surface area contributed by atoms with E-state index in [-0.39, 0.29) is 37.8 Å². The molecular formula is C49H57N4O19+. The molecule has 23 heteroatoms. The zero-order valence-electron chi connectivity index (χ0n) is 40.9. The van der Waals surface area contributed by atoms with Gasteiger partial charge in [-0.2, -0.15) is 0 Å². The first kappa shape index (κ1) is 53.6. The number of ether oxygens (including phenoxy) is 11. The van der Waals surface area contributed by atoms with Crippen LogP contribution in [0.15, 0.2) is 42.5 Å². The number of hydrogen-bond acceptors (Lipinski definition) is 22. The van der Waals surface area contributed by atoms with E-state index in [9.17, 15) is 38.4 Å². The van der Waals surface area contributed by atoms with E-state index in [1.807, 2.05) is 32.3 Å². The van der Waals surface area contributed by atoms with Crippen molar-refractivity contribution in [2.24, 2.45) is 0 Å². The van der Waals surface area contributed by atoms with Gasteiger partial charge in [-0.3, -0.25) is 43.3 Å². The van der Waals surface area contributed by atoms with Crippen molar-refractivity contribution in [3.63, 3.8) is 0 Å². The molecule has 3 aliphatic rings. The summed E-state index contributed by atoms with van der Waals surface area (Å²) in [5.74, 6) is -4.61. The van der Waals surface area contributed by atoms with Gasteiger partial charge in [0.15, 0.2) is 0 Å². The Labute approximate surface area is 413 Å². The molecule has 0 fully saturated rings. The highest BCUT2D eigenvalue weighted by Gasteiger charge is 2.30. The summed E-state index contributed by atoms with van der Waals surface area (Å²) in [7, 11) is 4.07. The molecule has 0 aliphatic carbocycles. The minimum atomic E-state index is -0.878. The van der Waals surface area contributed by atoms with Crippen LogP contribution in [-0.2, 0) is 93.8 Å². The maximum Gasteiger partial charge on any atom is 0.328 e. The third-order valence-corrected chi connectivity index (χ3v) is 11.3. The molecule has 0 aromatic heterocycles. The summed E-state index contributed by atoms with van der Waals surface area (Å²) >= 11 is 0. The van der Waals surface area contributed by atoms with Crippen molar-refractivity contribution in [3.8, 4) is 17.2 Å². The van der Waals surface area contributed by atoms with Crippen LogP contribution in [0.25, 0.3) is 5.57 Å². The summed E-state index contributed by atoms with van der Waals surface area (Å²) in [4.78, 5) is 102. The van der Waals surface area contributed by atoms with E-state index in [0.717, 1.165) is 92.2 Å². The van der Waals surface area contributed by atoms with Gasteiger partial charge in [0.2, 0.25) is 32.5 Å². The summed E-state index contributed by atoms with van der Waals surface area (Å²) in [5, 5.41) is 1.91. The van der Waals surface area contributed by atoms with Crippen molar-refractivity contribution >= 4 is 64.7 Å². The topological polar surface area (TPSA) is 251 Å². The largest absolute Gasteiger partial charge is 0.489 e. The van der Waals surface area contributed by atoms with Gasteiger partial charge in [-0.1, -0.05) is 6.07 Å². The van der Waals surface area contributed by atoms with E-state index >= 15 is 0 Å². The SMILES string of the molecule is CC(=O)OCOC(=O)CN(CCOCCOc1cc(C2=c3cc4c(cc3Oc3cc5c(cc32)CCN5C)=[N+](C)CC4)ccc1N(CC(=O)OCOC(C)=O)CC(=O)OCOC(C)=O)CC(=O)OCOC(C)=O. The number of likely N-dealkylation sites (N-methyl/N-ethyl adjacent to an activating group) is 2. The van der Waals surface area contributed by atoms with E-state index < -0.39 is 101 Å². The summed E-state index contributed by atoms with van der Waals surface area (Å²) in [6.45, 7) is 1.39. The van der Waals surface area contributed by atoms with Gasteiger partial charge in [-0.15, -0.1) is 0 Å². The number of carbonyl (C=O) groups is 8. The fourth-order valence-electron chi connectivity index (χ4n) is 7.86. The Kier molecular flexibility index (Phi) is 18.9. The normalized spacial score (nSPS) is 12.8. The molecule has 0 unspecified atom stereocenters. The molecule has 72 heavy (non-hydrogen) atoms. The van der Waals surface area contributed by atoms with Crippen LogP contribution in [0, 0.1) is 0 Å². The van der Waals surface area contributed by atoms with Gasteiger partial charge >= 0.3 is 47.8 Å². The lowest BCUT2D eigenvalue weighted by Crippen LogP contribution is -2.38. The number of nitrogens with zero attached hydrogens (tertiary/aromatic N) is 4. The van der Waals surface area contributed by atoms with Gasteiger partial charge in [0.05, 0.1) is 38.1 Å². The van der Waals surface area contributed by atoms with Crippen molar-refractivity contribution in [1.29, 1.82) is 0 Å². The molecule has 23 nitrogen and oxygen atoms in total. The molecule has 3 aliphatic heterocycles. The van der Waals surface area contributed by atoms with Crippen LogP contribution in [0.3, 0.4) is 0 Å². The number of esters is 8. The smallest absolute Gasteiger partial charge is 0.328 e.